The average Bonchev–Trinajstić information content (AvgIpc) is 3.10. The van der Waals surface area contributed by atoms with E-state index in [0.29, 0.717) is 6.54 Å². The van der Waals surface area contributed by atoms with Crippen LogP contribution in [0.25, 0.3) is 0 Å². The van der Waals surface area contributed by atoms with Crippen molar-refractivity contribution >= 4 is 11.6 Å². The van der Waals surface area contributed by atoms with E-state index in [9.17, 15) is 0 Å². The molecule has 1 aliphatic rings. The Balaban J connectivity index is 1.84. The molecule has 110 valence electrons. The maximum atomic E-state index is 4.71. The Morgan fingerprint density at radius 2 is 2.24 bits per heavy atom. The summed E-state index contributed by atoms with van der Waals surface area (Å²) in [6.07, 6.45) is 2.76. The van der Waals surface area contributed by atoms with Gasteiger partial charge in [-0.05, 0) is 25.0 Å². The van der Waals surface area contributed by atoms with E-state index >= 15 is 0 Å². The van der Waals surface area contributed by atoms with Gasteiger partial charge in [0, 0.05) is 25.8 Å². The minimum absolute atomic E-state index is 0.525. The van der Waals surface area contributed by atoms with E-state index in [1.807, 2.05) is 11.6 Å². The number of guanidine groups is 1. The SMILES string of the molecule is CCNC(=NCc1nncn1C)N1CCc2ccccc21. The van der Waals surface area contributed by atoms with Gasteiger partial charge in [0.1, 0.15) is 12.9 Å². The number of aromatic nitrogens is 3. The van der Waals surface area contributed by atoms with Crippen LogP contribution in [0.2, 0.25) is 0 Å². The molecule has 3 rings (SSSR count). The van der Waals surface area contributed by atoms with Gasteiger partial charge in [-0.3, -0.25) is 0 Å². The predicted octanol–water partition coefficient (Wildman–Crippen LogP) is 1.34. The molecule has 0 bridgehead atoms. The number of fused-ring (bicyclic) bond motifs is 1. The molecule has 6 nitrogen and oxygen atoms in total. The van der Waals surface area contributed by atoms with Crippen LogP contribution >= 0.6 is 0 Å². The lowest BCUT2D eigenvalue weighted by molar-refractivity contribution is 0.782. The highest BCUT2D eigenvalue weighted by Crippen LogP contribution is 2.27. The number of rotatable bonds is 3. The van der Waals surface area contributed by atoms with E-state index < -0.39 is 0 Å². The second kappa shape index (κ2) is 5.95. The van der Waals surface area contributed by atoms with E-state index in [2.05, 4.69) is 51.6 Å². The summed E-state index contributed by atoms with van der Waals surface area (Å²) >= 11 is 0. The zero-order chi connectivity index (χ0) is 14.7. The number of anilines is 1. The van der Waals surface area contributed by atoms with E-state index in [4.69, 9.17) is 4.99 Å². The van der Waals surface area contributed by atoms with E-state index in [1.165, 1.54) is 11.3 Å². The van der Waals surface area contributed by atoms with Crippen molar-refractivity contribution in [1.82, 2.24) is 20.1 Å². The zero-order valence-electron chi connectivity index (χ0n) is 12.5. The van der Waals surface area contributed by atoms with Crippen molar-refractivity contribution < 1.29 is 0 Å². The second-order valence-electron chi connectivity index (χ2n) is 5.06. The largest absolute Gasteiger partial charge is 0.356 e. The van der Waals surface area contributed by atoms with E-state index in [0.717, 1.165) is 31.3 Å². The third kappa shape index (κ3) is 2.74. The van der Waals surface area contributed by atoms with Crippen molar-refractivity contribution in [2.45, 2.75) is 19.9 Å². The van der Waals surface area contributed by atoms with E-state index in [-0.39, 0.29) is 0 Å². The molecule has 0 fully saturated rings. The summed E-state index contributed by atoms with van der Waals surface area (Å²) in [6, 6.07) is 8.49. The van der Waals surface area contributed by atoms with Crippen LogP contribution < -0.4 is 10.2 Å². The van der Waals surface area contributed by atoms with Crippen LogP contribution in [0.1, 0.15) is 18.3 Å². The molecule has 21 heavy (non-hydrogen) atoms. The lowest BCUT2D eigenvalue weighted by Crippen LogP contribution is -2.40. The highest BCUT2D eigenvalue weighted by molar-refractivity contribution is 5.97. The number of hydrogen-bond acceptors (Lipinski definition) is 3. The Morgan fingerprint density at radius 3 is 3.00 bits per heavy atom. The molecule has 1 N–H and O–H groups in total. The first kappa shape index (κ1) is 13.6. The number of benzene rings is 1. The molecule has 0 unspecified atom stereocenters. The minimum atomic E-state index is 0.525. The highest BCUT2D eigenvalue weighted by atomic mass is 15.3. The summed E-state index contributed by atoms with van der Waals surface area (Å²) in [7, 11) is 1.93. The lowest BCUT2D eigenvalue weighted by atomic mass is 10.2. The number of aliphatic imine (C=N–C) groups is 1. The monoisotopic (exact) mass is 284 g/mol. The van der Waals surface area contributed by atoms with Gasteiger partial charge in [0.15, 0.2) is 11.8 Å². The summed E-state index contributed by atoms with van der Waals surface area (Å²) in [4.78, 5) is 6.95. The molecular weight excluding hydrogens is 264 g/mol. The molecule has 1 aromatic carbocycles. The Bertz CT molecular complexity index is 645. The van der Waals surface area contributed by atoms with E-state index in [1.54, 1.807) is 6.33 Å². The number of nitrogens with one attached hydrogen (secondary N) is 1. The molecule has 0 spiro atoms. The molecule has 0 saturated carbocycles. The van der Waals surface area contributed by atoms with Crippen molar-refractivity contribution in [2.24, 2.45) is 12.0 Å². The summed E-state index contributed by atoms with van der Waals surface area (Å²) in [6.45, 7) is 4.41. The molecule has 0 saturated heterocycles. The summed E-state index contributed by atoms with van der Waals surface area (Å²) in [5, 5.41) is 11.3. The Labute approximate surface area is 124 Å². The van der Waals surface area contributed by atoms with Crippen LogP contribution in [-0.2, 0) is 20.0 Å². The highest BCUT2D eigenvalue weighted by Gasteiger charge is 2.22. The summed E-state index contributed by atoms with van der Waals surface area (Å²) in [5.74, 6) is 1.77. The van der Waals surface area contributed by atoms with Gasteiger partial charge < -0.3 is 14.8 Å². The average molecular weight is 284 g/mol. The molecule has 6 heteroatoms. The van der Waals surface area contributed by atoms with Crippen molar-refractivity contribution in [1.29, 1.82) is 0 Å². The fraction of sp³-hybridized carbons (Fsp3) is 0.400. The predicted molar refractivity (Wildman–Crippen MR) is 83.3 cm³/mol. The van der Waals surface area contributed by atoms with Gasteiger partial charge in [-0.1, -0.05) is 18.2 Å². The topological polar surface area (TPSA) is 58.3 Å². The maximum Gasteiger partial charge on any atom is 0.198 e. The summed E-state index contributed by atoms with van der Waals surface area (Å²) < 4.78 is 1.89. The first-order valence-electron chi connectivity index (χ1n) is 7.26. The van der Waals surface area contributed by atoms with Crippen LogP contribution in [0.3, 0.4) is 0 Å². The van der Waals surface area contributed by atoms with Gasteiger partial charge in [-0.25, -0.2) is 4.99 Å². The number of hydrogen-bond donors (Lipinski definition) is 1. The fourth-order valence-corrected chi connectivity index (χ4v) is 2.55. The lowest BCUT2D eigenvalue weighted by Gasteiger charge is -2.22. The quantitative estimate of drug-likeness (QED) is 0.682. The minimum Gasteiger partial charge on any atom is -0.356 e. The van der Waals surface area contributed by atoms with Gasteiger partial charge in [0.2, 0.25) is 0 Å². The Kier molecular flexibility index (Phi) is 3.85. The van der Waals surface area contributed by atoms with Crippen LogP contribution in [0.15, 0.2) is 35.6 Å². The smallest absolute Gasteiger partial charge is 0.198 e. The van der Waals surface area contributed by atoms with Gasteiger partial charge in [0.25, 0.3) is 0 Å². The first-order valence-corrected chi connectivity index (χ1v) is 7.26. The zero-order valence-corrected chi connectivity index (χ0v) is 12.5. The molecule has 0 radical (unpaired) electrons. The third-order valence-corrected chi connectivity index (χ3v) is 3.65. The van der Waals surface area contributed by atoms with Crippen molar-refractivity contribution in [2.75, 3.05) is 18.0 Å². The van der Waals surface area contributed by atoms with Crippen molar-refractivity contribution in [3.63, 3.8) is 0 Å². The standard InChI is InChI=1S/C15H20N6/c1-3-16-15(17-10-14-19-18-11-20(14)2)21-9-8-12-6-4-5-7-13(12)21/h4-7,11H,3,8-10H2,1-2H3,(H,16,17). The first-order chi connectivity index (χ1) is 10.3. The Morgan fingerprint density at radius 1 is 1.38 bits per heavy atom. The van der Waals surface area contributed by atoms with Crippen LogP contribution in [0.5, 0.6) is 0 Å². The normalized spacial score (nSPS) is 14.4. The number of aryl methyl sites for hydroxylation is 1. The molecule has 2 aromatic rings. The van der Waals surface area contributed by atoms with Crippen LogP contribution in [-0.4, -0.2) is 33.8 Å². The summed E-state index contributed by atoms with van der Waals surface area (Å²) in [5.41, 5.74) is 2.62. The molecule has 2 heterocycles. The molecule has 1 aliphatic heterocycles. The van der Waals surface area contributed by atoms with Gasteiger partial charge in [-0.2, -0.15) is 0 Å². The van der Waals surface area contributed by atoms with Crippen LogP contribution in [0, 0.1) is 0 Å². The Hall–Kier alpha value is -2.37. The van der Waals surface area contributed by atoms with Crippen LogP contribution in [0.4, 0.5) is 5.69 Å². The molecule has 0 amide bonds. The van der Waals surface area contributed by atoms with Gasteiger partial charge >= 0.3 is 0 Å². The fourth-order valence-electron chi connectivity index (χ4n) is 2.55. The number of para-hydroxylation sites is 1. The molecule has 0 aliphatic carbocycles. The van der Waals surface area contributed by atoms with Crippen molar-refractivity contribution in [3.8, 4) is 0 Å². The van der Waals surface area contributed by atoms with Crippen molar-refractivity contribution in [3.05, 3.63) is 42.0 Å². The third-order valence-electron chi connectivity index (χ3n) is 3.65. The second-order valence-corrected chi connectivity index (χ2v) is 5.06. The molecule has 0 atom stereocenters. The van der Waals surface area contributed by atoms with Gasteiger partial charge in [0.05, 0.1) is 0 Å². The molecule has 1 aromatic heterocycles. The number of nitrogens with zero attached hydrogens (tertiary/aromatic N) is 5. The maximum absolute atomic E-state index is 4.71. The van der Waals surface area contributed by atoms with Gasteiger partial charge in [-0.15, -0.1) is 10.2 Å². The molecular formula is C15H20N6.